The maximum absolute atomic E-state index is 12.9. The third-order valence-corrected chi connectivity index (χ3v) is 6.88. The van der Waals surface area contributed by atoms with Crippen LogP contribution in [0.1, 0.15) is 5.56 Å². The minimum Gasteiger partial charge on any atom is -0.355 e. The molecular formula is C23H20FN3O2S2. The summed E-state index contributed by atoms with van der Waals surface area (Å²) in [4.78, 5) is 31.3. The van der Waals surface area contributed by atoms with Gasteiger partial charge in [0.25, 0.3) is 5.56 Å². The van der Waals surface area contributed by atoms with E-state index in [0.717, 1.165) is 16.0 Å². The number of nitrogens with zero attached hydrogens (tertiary/aromatic N) is 2. The Morgan fingerprint density at radius 3 is 2.65 bits per heavy atom. The van der Waals surface area contributed by atoms with E-state index >= 15 is 0 Å². The number of amides is 1. The van der Waals surface area contributed by atoms with Crippen LogP contribution in [0.3, 0.4) is 0 Å². The summed E-state index contributed by atoms with van der Waals surface area (Å²) < 4.78 is 14.4. The molecule has 2 aromatic carbocycles. The number of thiophene rings is 1. The number of carbonyl (C=O) groups is 1. The van der Waals surface area contributed by atoms with Crippen LogP contribution in [0.15, 0.2) is 70.6 Å². The molecule has 31 heavy (non-hydrogen) atoms. The Morgan fingerprint density at radius 1 is 1.16 bits per heavy atom. The highest BCUT2D eigenvalue weighted by Gasteiger charge is 2.14. The molecule has 0 atom stereocenters. The summed E-state index contributed by atoms with van der Waals surface area (Å²) in [6, 6.07) is 18.0. The predicted molar refractivity (Wildman–Crippen MR) is 124 cm³/mol. The quantitative estimate of drug-likeness (QED) is 0.336. The van der Waals surface area contributed by atoms with Crippen LogP contribution in [-0.2, 0) is 18.3 Å². The molecular weight excluding hydrogens is 433 g/mol. The summed E-state index contributed by atoms with van der Waals surface area (Å²) in [5, 5.41) is 3.94. The number of hydrogen-bond acceptors (Lipinski definition) is 5. The van der Waals surface area contributed by atoms with Gasteiger partial charge >= 0.3 is 0 Å². The average molecular weight is 454 g/mol. The van der Waals surface area contributed by atoms with Crippen LogP contribution in [0, 0.1) is 5.82 Å². The minimum absolute atomic E-state index is 0.123. The van der Waals surface area contributed by atoms with E-state index in [1.807, 2.05) is 36.4 Å². The standard InChI is InChI=1S/C23H20FN3O2S2/c1-27-22(29)18-13-19(16-5-3-2-4-6-16)31-21(18)26-23(27)30-14-20(28)25-12-11-15-7-9-17(24)10-8-15/h2-10,13H,11-12,14H2,1H3,(H,25,28). The fourth-order valence-electron chi connectivity index (χ4n) is 3.10. The van der Waals surface area contributed by atoms with E-state index in [1.54, 1.807) is 19.2 Å². The molecule has 0 radical (unpaired) electrons. The summed E-state index contributed by atoms with van der Waals surface area (Å²) in [6.45, 7) is 0.460. The zero-order valence-corrected chi connectivity index (χ0v) is 18.4. The van der Waals surface area contributed by atoms with Crippen molar-refractivity contribution in [1.29, 1.82) is 0 Å². The van der Waals surface area contributed by atoms with Crippen LogP contribution in [0.2, 0.25) is 0 Å². The molecule has 0 aliphatic heterocycles. The van der Waals surface area contributed by atoms with E-state index in [-0.39, 0.29) is 23.0 Å². The second-order valence-corrected chi connectivity index (χ2v) is 8.94. The van der Waals surface area contributed by atoms with Gasteiger partial charge in [0.1, 0.15) is 10.6 Å². The van der Waals surface area contributed by atoms with E-state index in [1.165, 1.54) is 39.8 Å². The molecule has 0 spiro atoms. The van der Waals surface area contributed by atoms with Crippen molar-refractivity contribution in [3.8, 4) is 10.4 Å². The van der Waals surface area contributed by atoms with Gasteiger partial charge in [-0.2, -0.15) is 0 Å². The van der Waals surface area contributed by atoms with Crippen LogP contribution in [0.25, 0.3) is 20.7 Å². The summed E-state index contributed by atoms with van der Waals surface area (Å²) in [6.07, 6.45) is 0.622. The van der Waals surface area contributed by atoms with Crippen LogP contribution >= 0.6 is 23.1 Å². The second-order valence-electron chi connectivity index (χ2n) is 6.97. The van der Waals surface area contributed by atoms with Gasteiger partial charge in [-0.05, 0) is 35.7 Å². The van der Waals surface area contributed by atoms with Crippen molar-refractivity contribution >= 4 is 39.2 Å². The predicted octanol–water partition coefficient (Wildman–Crippen LogP) is 4.25. The number of hydrogen-bond donors (Lipinski definition) is 1. The molecule has 8 heteroatoms. The smallest absolute Gasteiger partial charge is 0.262 e. The lowest BCUT2D eigenvalue weighted by Crippen LogP contribution is -2.28. The van der Waals surface area contributed by atoms with Crippen molar-refractivity contribution in [1.82, 2.24) is 14.9 Å². The molecule has 158 valence electrons. The Hall–Kier alpha value is -2.97. The topological polar surface area (TPSA) is 64.0 Å². The number of benzene rings is 2. The lowest BCUT2D eigenvalue weighted by molar-refractivity contribution is -0.118. The Morgan fingerprint density at radius 2 is 1.90 bits per heavy atom. The zero-order valence-electron chi connectivity index (χ0n) is 16.8. The van der Waals surface area contributed by atoms with E-state index in [9.17, 15) is 14.0 Å². The third kappa shape index (κ3) is 5.03. The highest BCUT2D eigenvalue weighted by Crippen LogP contribution is 2.31. The van der Waals surface area contributed by atoms with E-state index in [2.05, 4.69) is 10.3 Å². The number of thioether (sulfide) groups is 1. The SMILES string of the molecule is Cn1c(SCC(=O)NCCc2ccc(F)cc2)nc2sc(-c3ccccc3)cc2c1=O. The summed E-state index contributed by atoms with van der Waals surface area (Å²) in [5.74, 6) is -0.259. The van der Waals surface area contributed by atoms with Gasteiger partial charge in [0.2, 0.25) is 5.91 Å². The summed E-state index contributed by atoms with van der Waals surface area (Å²) >= 11 is 2.70. The molecule has 1 N–H and O–H groups in total. The summed E-state index contributed by atoms with van der Waals surface area (Å²) in [7, 11) is 1.67. The lowest BCUT2D eigenvalue weighted by atomic mass is 10.1. The highest BCUT2D eigenvalue weighted by atomic mass is 32.2. The molecule has 2 heterocycles. The number of fused-ring (bicyclic) bond motifs is 1. The molecule has 4 aromatic rings. The van der Waals surface area contributed by atoms with Gasteiger partial charge in [0.15, 0.2) is 5.16 Å². The number of halogens is 1. The molecule has 0 fully saturated rings. The molecule has 0 saturated carbocycles. The normalized spacial score (nSPS) is 11.0. The fraction of sp³-hybridized carbons (Fsp3) is 0.174. The lowest BCUT2D eigenvalue weighted by Gasteiger charge is -2.08. The molecule has 4 rings (SSSR count). The van der Waals surface area contributed by atoms with Crippen LogP contribution in [0.4, 0.5) is 4.39 Å². The van der Waals surface area contributed by atoms with Gasteiger partial charge in [-0.25, -0.2) is 9.37 Å². The zero-order chi connectivity index (χ0) is 21.8. The van der Waals surface area contributed by atoms with E-state index in [4.69, 9.17) is 0 Å². The Balaban J connectivity index is 1.41. The van der Waals surface area contributed by atoms with Crippen LogP contribution < -0.4 is 10.9 Å². The van der Waals surface area contributed by atoms with Gasteiger partial charge in [-0.1, -0.05) is 54.2 Å². The number of nitrogens with one attached hydrogen (secondary N) is 1. The first-order valence-corrected chi connectivity index (χ1v) is 11.5. The fourth-order valence-corrected chi connectivity index (χ4v) is 4.98. The first-order chi connectivity index (χ1) is 15.0. The van der Waals surface area contributed by atoms with Gasteiger partial charge in [0.05, 0.1) is 11.1 Å². The van der Waals surface area contributed by atoms with Crippen molar-refractivity contribution in [2.75, 3.05) is 12.3 Å². The number of carbonyl (C=O) groups excluding carboxylic acids is 1. The largest absolute Gasteiger partial charge is 0.355 e. The first-order valence-electron chi connectivity index (χ1n) is 9.71. The number of aromatic nitrogens is 2. The highest BCUT2D eigenvalue weighted by molar-refractivity contribution is 7.99. The van der Waals surface area contributed by atoms with E-state index < -0.39 is 0 Å². The van der Waals surface area contributed by atoms with Crippen LogP contribution in [0.5, 0.6) is 0 Å². The molecule has 0 saturated heterocycles. The average Bonchev–Trinajstić information content (AvgIpc) is 3.22. The summed E-state index contributed by atoms with van der Waals surface area (Å²) in [5.41, 5.74) is 1.88. The Bertz CT molecular complexity index is 1270. The van der Waals surface area contributed by atoms with Crippen molar-refractivity contribution in [3.63, 3.8) is 0 Å². The van der Waals surface area contributed by atoms with Crippen LogP contribution in [-0.4, -0.2) is 27.8 Å². The molecule has 1 amide bonds. The van der Waals surface area contributed by atoms with E-state index in [0.29, 0.717) is 28.3 Å². The minimum atomic E-state index is -0.277. The number of rotatable bonds is 7. The van der Waals surface area contributed by atoms with Crippen molar-refractivity contribution in [2.24, 2.45) is 7.05 Å². The van der Waals surface area contributed by atoms with Gasteiger partial charge < -0.3 is 5.32 Å². The Labute approximate surface area is 187 Å². The monoisotopic (exact) mass is 453 g/mol. The molecule has 0 unspecified atom stereocenters. The first kappa shape index (κ1) is 21.3. The third-order valence-electron chi connectivity index (χ3n) is 4.77. The maximum atomic E-state index is 12.9. The Kier molecular flexibility index (Phi) is 6.48. The maximum Gasteiger partial charge on any atom is 0.262 e. The molecule has 0 aliphatic carbocycles. The van der Waals surface area contributed by atoms with Gasteiger partial charge in [0, 0.05) is 18.5 Å². The van der Waals surface area contributed by atoms with Gasteiger partial charge in [-0.3, -0.25) is 14.2 Å². The molecule has 0 bridgehead atoms. The molecule has 0 aliphatic rings. The second kappa shape index (κ2) is 9.45. The van der Waals surface area contributed by atoms with Crippen molar-refractivity contribution < 1.29 is 9.18 Å². The molecule has 5 nitrogen and oxygen atoms in total. The molecule has 2 aromatic heterocycles. The van der Waals surface area contributed by atoms with Gasteiger partial charge in [-0.15, -0.1) is 11.3 Å². The van der Waals surface area contributed by atoms with Crippen molar-refractivity contribution in [3.05, 3.63) is 82.4 Å². The van der Waals surface area contributed by atoms with Crippen molar-refractivity contribution in [2.45, 2.75) is 11.6 Å².